The van der Waals surface area contributed by atoms with Crippen molar-refractivity contribution in [3.05, 3.63) is 23.8 Å². The monoisotopic (exact) mass is 298 g/mol. The second kappa shape index (κ2) is 6.11. The van der Waals surface area contributed by atoms with Gasteiger partial charge in [0.05, 0.1) is 7.11 Å². The molecule has 5 nitrogen and oxygen atoms in total. The highest BCUT2D eigenvalue weighted by Crippen LogP contribution is 2.31. The van der Waals surface area contributed by atoms with Gasteiger partial charge in [0.15, 0.2) is 0 Å². The zero-order chi connectivity index (χ0) is 14.8. The van der Waals surface area contributed by atoms with Crippen LogP contribution in [0.3, 0.4) is 0 Å². The molecule has 2 rings (SSSR count). The van der Waals surface area contributed by atoms with Gasteiger partial charge in [-0.1, -0.05) is 12.5 Å². The minimum Gasteiger partial charge on any atom is -0.495 e. The van der Waals surface area contributed by atoms with E-state index in [-0.39, 0.29) is 4.90 Å². The Morgan fingerprint density at radius 2 is 2.10 bits per heavy atom. The van der Waals surface area contributed by atoms with Crippen molar-refractivity contribution < 1.29 is 13.2 Å². The summed E-state index contributed by atoms with van der Waals surface area (Å²) in [5.74, 6) is 0.845. The van der Waals surface area contributed by atoms with Gasteiger partial charge >= 0.3 is 0 Å². The summed E-state index contributed by atoms with van der Waals surface area (Å²) in [4.78, 5) is 0.207. The van der Waals surface area contributed by atoms with Crippen LogP contribution >= 0.6 is 0 Å². The second-order valence-corrected chi connectivity index (χ2v) is 7.29. The molecule has 0 aliphatic heterocycles. The number of hydrogen-bond acceptors (Lipinski definition) is 4. The topological polar surface area (TPSA) is 72.6 Å². The molecule has 1 fully saturated rings. The summed E-state index contributed by atoms with van der Waals surface area (Å²) < 4.78 is 31.8. The van der Waals surface area contributed by atoms with Crippen LogP contribution in [0, 0.1) is 5.92 Å². The number of ether oxygens (including phenoxy) is 1. The number of benzene rings is 1. The molecule has 1 aromatic rings. The Kier molecular flexibility index (Phi) is 4.67. The quantitative estimate of drug-likeness (QED) is 0.865. The maximum atomic E-state index is 12.6. The van der Waals surface area contributed by atoms with E-state index >= 15 is 0 Å². The van der Waals surface area contributed by atoms with Gasteiger partial charge in [-0.05, 0) is 36.5 Å². The molecule has 0 bridgehead atoms. The van der Waals surface area contributed by atoms with Crippen LogP contribution in [0.2, 0.25) is 0 Å². The van der Waals surface area contributed by atoms with Crippen molar-refractivity contribution in [2.24, 2.45) is 11.7 Å². The van der Waals surface area contributed by atoms with Gasteiger partial charge in [-0.25, -0.2) is 12.7 Å². The molecule has 1 aliphatic rings. The molecule has 20 heavy (non-hydrogen) atoms. The number of nitrogens with two attached hydrogens (primary N) is 1. The van der Waals surface area contributed by atoms with Crippen LogP contribution in [0.15, 0.2) is 23.1 Å². The molecule has 0 spiro atoms. The first-order valence-corrected chi connectivity index (χ1v) is 8.26. The Hall–Kier alpha value is -1.11. The molecule has 0 amide bonds. The van der Waals surface area contributed by atoms with Crippen molar-refractivity contribution in [3.8, 4) is 5.75 Å². The fraction of sp³-hybridized carbons (Fsp3) is 0.571. The molecule has 1 saturated carbocycles. The van der Waals surface area contributed by atoms with Crippen molar-refractivity contribution in [1.82, 2.24) is 4.31 Å². The van der Waals surface area contributed by atoms with E-state index in [1.54, 1.807) is 25.2 Å². The Morgan fingerprint density at radius 1 is 1.40 bits per heavy atom. The van der Waals surface area contributed by atoms with Gasteiger partial charge < -0.3 is 10.5 Å². The largest absolute Gasteiger partial charge is 0.495 e. The Bertz CT molecular complexity index is 568. The standard InChI is InChI=1S/C14H22N2O3S/c1-16(10-11-4-3-5-11)20(17,18)14-7-6-12(9-15)8-13(14)19-2/h6-8,11H,3-5,9-10,15H2,1-2H3. The second-order valence-electron chi connectivity index (χ2n) is 5.27. The number of nitrogens with zero attached hydrogens (tertiary/aromatic N) is 1. The maximum Gasteiger partial charge on any atom is 0.246 e. The zero-order valence-electron chi connectivity index (χ0n) is 12.0. The number of rotatable bonds is 6. The third-order valence-corrected chi connectivity index (χ3v) is 5.75. The predicted octanol–water partition coefficient (Wildman–Crippen LogP) is 1.57. The Morgan fingerprint density at radius 3 is 2.60 bits per heavy atom. The molecule has 1 aliphatic carbocycles. The van der Waals surface area contributed by atoms with Crippen LogP contribution in [-0.4, -0.2) is 33.4 Å². The summed E-state index contributed by atoms with van der Waals surface area (Å²) in [6.07, 6.45) is 3.43. The van der Waals surface area contributed by atoms with Crippen molar-refractivity contribution in [3.63, 3.8) is 0 Å². The van der Waals surface area contributed by atoms with E-state index in [9.17, 15) is 8.42 Å². The van der Waals surface area contributed by atoms with Crippen LogP contribution in [0.4, 0.5) is 0 Å². The zero-order valence-corrected chi connectivity index (χ0v) is 12.8. The van der Waals surface area contributed by atoms with Crippen LogP contribution in [0.1, 0.15) is 24.8 Å². The number of sulfonamides is 1. The molecule has 0 unspecified atom stereocenters. The molecule has 1 aromatic carbocycles. The first-order valence-electron chi connectivity index (χ1n) is 6.82. The first-order chi connectivity index (χ1) is 9.48. The van der Waals surface area contributed by atoms with Crippen molar-refractivity contribution in [2.45, 2.75) is 30.7 Å². The average molecular weight is 298 g/mol. The normalized spacial score (nSPS) is 16.2. The van der Waals surface area contributed by atoms with Crippen LogP contribution in [0.25, 0.3) is 0 Å². The van der Waals surface area contributed by atoms with E-state index in [0.29, 0.717) is 24.8 Å². The van der Waals surface area contributed by atoms with Gasteiger partial charge in [0.1, 0.15) is 10.6 Å². The van der Waals surface area contributed by atoms with Gasteiger partial charge in [0.25, 0.3) is 0 Å². The summed E-state index contributed by atoms with van der Waals surface area (Å²) in [7, 11) is -0.409. The van der Waals surface area contributed by atoms with E-state index in [1.165, 1.54) is 17.8 Å². The van der Waals surface area contributed by atoms with E-state index < -0.39 is 10.0 Å². The fourth-order valence-electron chi connectivity index (χ4n) is 2.36. The molecule has 0 heterocycles. The highest BCUT2D eigenvalue weighted by Gasteiger charge is 2.28. The lowest BCUT2D eigenvalue weighted by Gasteiger charge is -2.29. The van der Waals surface area contributed by atoms with Gasteiger partial charge in [0, 0.05) is 20.1 Å². The van der Waals surface area contributed by atoms with Crippen molar-refractivity contribution in [1.29, 1.82) is 0 Å². The lowest BCUT2D eigenvalue weighted by molar-refractivity contribution is 0.262. The van der Waals surface area contributed by atoms with Crippen LogP contribution < -0.4 is 10.5 Å². The summed E-state index contributed by atoms with van der Waals surface area (Å²) in [6, 6.07) is 4.99. The third-order valence-electron chi connectivity index (χ3n) is 3.89. The highest BCUT2D eigenvalue weighted by atomic mass is 32.2. The van der Waals surface area contributed by atoms with Crippen LogP contribution in [0.5, 0.6) is 5.75 Å². The first kappa shape index (κ1) is 15.3. The average Bonchev–Trinajstić information content (AvgIpc) is 2.41. The SMILES string of the molecule is COc1cc(CN)ccc1S(=O)(=O)N(C)CC1CCC1. The molecule has 0 radical (unpaired) electrons. The minimum absolute atomic E-state index is 0.207. The molecule has 0 aromatic heterocycles. The van der Waals surface area contributed by atoms with Gasteiger partial charge in [-0.2, -0.15) is 0 Å². The van der Waals surface area contributed by atoms with Crippen molar-refractivity contribution in [2.75, 3.05) is 20.7 Å². The Labute approximate surface area is 120 Å². The molecule has 2 N–H and O–H groups in total. The molecule has 6 heteroatoms. The van der Waals surface area contributed by atoms with Crippen LogP contribution in [-0.2, 0) is 16.6 Å². The fourth-order valence-corrected chi connectivity index (χ4v) is 3.74. The number of methoxy groups -OCH3 is 1. The summed E-state index contributed by atoms with van der Waals surface area (Å²) in [5.41, 5.74) is 6.42. The summed E-state index contributed by atoms with van der Waals surface area (Å²) >= 11 is 0. The minimum atomic E-state index is -3.51. The summed E-state index contributed by atoms with van der Waals surface area (Å²) in [6.45, 7) is 0.929. The molecular weight excluding hydrogens is 276 g/mol. The molecule has 112 valence electrons. The molecule has 0 saturated heterocycles. The lowest BCUT2D eigenvalue weighted by atomic mass is 9.86. The van der Waals surface area contributed by atoms with Gasteiger partial charge in [-0.3, -0.25) is 0 Å². The number of hydrogen-bond donors (Lipinski definition) is 1. The predicted molar refractivity (Wildman–Crippen MR) is 78.0 cm³/mol. The smallest absolute Gasteiger partial charge is 0.246 e. The Balaban J connectivity index is 2.27. The maximum absolute atomic E-state index is 12.6. The lowest BCUT2D eigenvalue weighted by Crippen LogP contribution is -2.34. The molecular formula is C14H22N2O3S. The van der Waals surface area contributed by atoms with Gasteiger partial charge in [-0.15, -0.1) is 0 Å². The van der Waals surface area contributed by atoms with Gasteiger partial charge in [0.2, 0.25) is 10.0 Å². The van der Waals surface area contributed by atoms with E-state index in [1.807, 2.05) is 0 Å². The third kappa shape index (κ3) is 2.97. The highest BCUT2D eigenvalue weighted by molar-refractivity contribution is 7.89. The van der Waals surface area contributed by atoms with E-state index in [2.05, 4.69) is 0 Å². The molecule has 0 atom stereocenters. The van der Waals surface area contributed by atoms with E-state index in [0.717, 1.165) is 18.4 Å². The van der Waals surface area contributed by atoms with Crippen molar-refractivity contribution >= 4 is 10.0 Å². The van der Waals surface area contributed by atoms with E-state index in [4.69, 9.17) is 10.5 Å². The summed E-state index contributed by atoms with van der Waals surface area (Å²) in [5, 5.41) is 0.